The minimum absolute atomic E-state index is 0.300. The highest BCUT2D eigenvalue weighted by Gasteiger charge is 2.15. The lowest BCUT2D eigenvalue weighted by Gasteiger charge is -2.19. The Labute approximate surface area is 118 Å². The number of carbonyl (C=O) groups is 2. The van der Waals surface area contributed by atoms with Crippen molar-refractivity contribution in [2.24, 2.45) is 0 Å². The number of aromatic carboxylic acids is 1. The maximum Gasteiger partial charge on any atom is 0.407 e. The number of nitrogens with one attached hydrogen (secondary N) is 1. The van der Waals surface area contributed by atoms with Crippen LogP contribution in [0.25, 0.3) is 0 Å². The largest absolute Gasteiger partial charge is 0.478 e. The van der Waals surface area contributed by atoms with Crippen LogP contribution in [-0.2, 0) is 11.2 Å². The highest BCUT2D eigenvalue weighted by atomic mass is 16.6. The van der Waals surface area contributed by atoms with Crippen LogP contribution in [0.4, 0.5) is 4.79 Å². The first-order valence-electron chi connectivity index (χ1n) is 6.49. The number of benzene rings is 1. The number of hydrogen-bond acceptors (Lipinski definition) is 3. The van der Waals surface area contributed by atoms with E-state index in [0.29, 0.717) is 24.1 Å². The third-order valence-corrected chi connectivity index (χ3v) is 2.60. The summed E-state index contributed by atoms with van der Waals surface area (Å²) < 4.78 is 5.12. The van der Waals surface area contributed by atoms with Crippen molar-refractivity contribution >= 4 is 12.1 Å². The molecule has 0 unspecified atom stereocenters. The van der Waals surface area contributed by atoms with E-state index in [2.05, 4.69) is 5.32 Å². The van der Waals surface area contributed by atoms with Gasteiger partial charge in [-0.3, -0.25) is 0 Å². The first-order chi connectivity index (χ1) is 9.19. The van der Waals surface area contributed by atoms with Gasteiger partial charge in [-0.15, -0.1) is 0 Å². The number of amides is 1. The Hall–Kier alpha value is -2.04. The number of carboxylic acid groups (broad SMARTS) is 1. The van der Waals surface area contributed by atoms with Crippen molar-refractivity contribution in [1.29, 1.82) is 0 Å². The van der Waals surface area contributed by atoms with Crippen LogP contribution >= 0.6 is 0 Å². The van der Waals surface area contributed by atoms with Gasteiger partial charge >= 0.3 is 12.1 Å². The molecule has 1 rings (SSSR count). The average Bonchev–Trinajstić information content (AvgIpc) is 2.25. The van der Waals surface area contributed by atoms with Gasteiger partial charge in [-0.05, 0) is 51.3 Å². The topological polar surface area (TPSA) is 75.6 Å². The van der Waals surface area contributed by atoms with Crippen molar-refractivity contribution in [2.45, 2.75) is 39.7 Å². The number of carbonyl (C=O) groups excluding carboxylic acids is 1. The van der Waals surface area contributed by atoms with E-state index in [9.17, 15) is 9.59 Å². The second kappa shape index (κ2) is 6.41. The quantitative estimate of drug-likeness (QED) is 0.888. The molecule has 0 atom stereocenters. The molecule has 5 heteroatoms. The van der Waals surface area contributed by atoms with Crippen LogP contribution in [0.1, 0.15) is 42.3 Å². The SMILES string of the molecule is Cc1cc(CCNC(=O)OC(C)(C)C)ccc1C(=O)O. The summed E-state index contributed by atoms with van der Waals surface area (Å²) in [5, 5.41) is 11.6. The number of rotatable bonds is 4. The molecular formula is C15H21NO4. The Bertz CT molecular complexity index is 503. The highest BCUT2D eigenvalue weighted by molar-refractivity contribution is 5.89. The second-order valence-electron chi connectivity index (χ2n) is 5.63. The predicted molar refractivity (Wildman–Crippen MR) is 76.1 cm³/mol. The summed E-state index contributed by atoms with van der Waals surface area (Å²) in [4.78, 5) is 22.3. The smallest absolute Gasteiger partial charge is 0.407 e. The molecule has 0 spiro atoms. The van der Waals surface area contributed by atoms with Crippen LogP contribution in [0.2, 0.25) is 0 Å². The van der Waals surface area contributed by atoms with Crippen molar-refractivity contribution in [3.63, 3.8) is 0 Å². The molecule has 1 amide bonds. The van der Waals surface area contributed by atoms with Gasteiger partial charge in [0, 0.05) is 6.54 Å². The highest BCUT2D eigenvalue weighted by Crippen LogP contribution is 2.11. The zero-order valence-corrected chi connectivity index (χ0v) is 12.3. The van der Waals surface area contributed by atoms with Crippen molar-refractivity contribution in [3.8, 4) is 0 Å². The fraction of sp³-hybridized carbons (Fsp3) is 0.467. The van der Waals surface area contributed by atoms with Gasteiger partial charge in [0.15, 0.2) is 0 Å². The fourth-order valence-corrected chi connectivity index (χ4v) is 1.74. The minimum atomic E-state index is -0.930. The molecule has 0 aliphatic carbocycles. The van der Waals surface area contributed by atoms with E-state index < -0.39 is 17.7 Å². The van der Waals surface area contributed by atoms with Gasteiger partial charge in [0.25, 0.3) is 0 Å². The Morgan fingerprint density at radius 1 is 1.30 bits per heavy atom. The van der Waals surface area contributed by atoms with Crippen molar-refractivity contribution in [3.05, 3.63) is 34.9 Å². The van der Waals surface area contributed by atoms with E-state index in [0.717, 1.165) is 5.56 Å². The Kier molecular flexibility index (Phi) is 5.13. The molecule has 5 nitrogen and oxygen atoms in total. The summed E-state index contributed by atoms with van der Waals surface area (Å²) in [5.41, 5.74) is 1.48. The van der Waals surface area contributed by atoms with Crippen molar-refractivity contribution in [2.75, 3.05) is 6.54 Å². The van der Waals surface area contributed by atoms with Crippen LogP contribution in [0.15, 0.2) is 18.2 Å². The first-order valence-corrected chi connectivity index (χ1v) is 6.49. The van der Waals surface area contributed by atoms with Gasteiger partial charge < -0.3 is 15.2 Å². The molecule has 1 aromatic carbocycles. The van der Waals surface area contributed by atoms with Crippen molar-refractivity contribution < 1.29 is 19.4 Å². The summed E-state index contributed by atoms with van der Waals surface area (Å²) in [7, 11) is 0. The zero-order chi connectivity index (χ0) is 15.3. The molecule has 1 aromatic rings. The Morgan fingerprint density at radius 3 is 2.45 bits per heavy atom. The van der Waals surface area contributed by atoms with Crippen LogP contribution in [0, 0.1) is 6.92 Å². The average molecular weight is 279 g/mol. The molecule has 0 aliphatic heterocycles. The lowest BCUT2D eigenvalue weighted by atomic mass is 10.0. The molecule has 0 aromatic heterocycles. The first kappa shape index (κ1) is 16.0. The third-order valence-electron chi connectivity index (χ3n) is 2.60. The summed E-state index contributed by atoms with van der Waals surface area (Å²) >= 11 is 0. The summed E-state index contributed by atoms with van der Waals surface area (Å²) in [5.74, 6) is -0.930. The van der Waals surface area contributed by atoms with Gasteiger partial charge in [-0.25, -0.2) is 9.59 Å². The molecule has 0 aliphatic rings. The maximum atomic E-state index is 11.4. The van der Waals surface area contributed by atoms with Crippen LogP contribution in [-0.4, -0.2) is 29.3 Å². The molecule has 0 saturated heterocycles. The molecule has 0 bridgehead atoms. The van der Waals surface area contributed by atoms with E-state index in [4.69, 9.17) is 9.84 Å². The normalized spacial score (nSPS) is 11.0. The van der Waals surface area contributed by atoms with Crippen LogP contribution in [0.5, 0.6) is 0 Å². The zero-order valence-electron chi connectivity index (χ0n) is 12.3. The Morgan fingerprint density at radius 2 is 1.95 bits per heavy atom. The van der Waals surface area contributed by atoms with Crippen LogP contribution in [0.3, 0.4) is 0 Å². The molecule has 0 radical (unpaired) electrons. The van der Waals surface area contributed by atoms with E-state index in [1.54, 1.807) is 39.8 Å². The number of alkyl carbamates (subject to hydrolysis) is 1. The second-order valence-corrected chi connectivity index (χ2v) is 5.63. The number of aryl methyl sites for hydroxylation is 1. The van der Waals surface area contributed by atoms with Crippen LogP contribution < -0.4 is 5.32 Å². The van der Waals surface area contributed by atoms with Gasteiger partial charge in [0.05, 0.1) is 5.56 Å². The van der Waals surface area contributed by atoms with E-state index >= 15 is 0 Å². The number of carboxylic acids is 1. The fourth-order valence-electron chi connectivity index (χ4n) is 1.74. The summed E-state index contributed by atoms with van der Waals surface area (Å²) in [6.07, 6.45) is 0.177. The molecule has 0 heterocycles. The number of ether oxygens (including phenoxy) is 1. The molecule has 110 valence electrons. The van der Waals surface area contributed by atoms with E-state index in [-0.39, 0.29) is 0 Å². The van der Waals surface area contributed by atoms with E-state index in [1.807, 2.05) is 6.07 Å². The van der Waals surface area contributed by atoms with Crippen molar-refractivity contribution in [1.82, 2.24) is 5.32 Å². The predicted octanol–water partition coefficient (Wildman–Crippen LogP) is 2.76. The van der Waals surface area contributed by atoms with Gasteiger partial charge in [0.1, 0.15) is 5.60 Å². The molecule has 0 saturated carbocycles. The summed E-state index contributed by atoms with van der Waals surface area (Å²) in [6, 6.07) is 5.16. The molecule has 0 fully saturated rings. The summed E-state index contributed by atoms with van der Waals surface area (Å²) in [6.45, 7) is 7.62. The lowest BCUT2D eigenvalue weighted by molar-refractivity contribution is 0.0528. The van der Waals surface area contributed by atoms with Gasteiger partial charge in [-0.2, -0.15) is 0 Å². The van der Waals surface area contributed by atoms with Gasteiger partial charge in [-0.1, -0.05) is 12.1 Å². The number of hydrogen-bond donors (Lipinski definition) is 2. The maximum absolute atomic E-state index is 11.4. The monoisotopic (exact) mass is 279 g/mol. The molecular weight excluding hydrogens is 258 g/mol. The third kappa shape index (κ3) is 5.30. The lowest BCUT2D eigenvalue weighted by Crippen LogP contribution is -2.33. The van der Waals surface area contributed by atoms with Gasteiger partial charge in [0.2, 0.25) is 0 Å². The minimum Gasteiger partial charge on any atom is -0.478 e. The molecule has 20 heavy (non-hydrogen) atoms. The van der Waals surface area contributed by atoms with E-state index in [1.165, 1.54) is 0 Å². The molecule has 2 N–H and O–H groups in total. The standard InChI is InChI=1S/C15H21NO4/c1-10-9-11(5-6-12(10)13(17)18)7-8-16-14(19)20-15(2,3)4/h5-6,9H,7-8H2,1-4H3,(H,16,19)(H,17,18). The Balaban J connectivity index is 2.49.